The third kappa shape index (κ3) is 3.90. The summed E-state index contributed by atoms with van der Waals surface area (Å²) in [6.07, 6.45) is 0. The van der Waals surface area contributed by atoms with E-state index in [4.69, 9.17) is 25.1 Å². The monoisotopic (exact) mass is 255 g/mol. The summed E-state index contributed by atoms with van der Waals surface area (Å²) in [5.41, 5.74) is 6.67. The predicted molar refractivity (Wildman–Crippen MR) is 64.9 cm³/mol. The standard InChI is InChI=1S/C12H17NO5/c1-16-10-4-3-8(5-11(10)17-2)9(13)6-18-7-12(14)15/h3-5,9H,6-7,13H2,1-2H3,(H,14,15). The van der Waals surface area contributed by atoms with E-state index in [9.17, 15) is 4.79 Å². The van der Waals surface area contributed by atoms with Gasteiger partial charge in [-0.1, -0.05) is 6.07 Å². The van der Waals surface area contributed by atoms with Crippen LogP contribution in [0, 0.1) is 0 Å². The van der Waals surface area contributed by atoms with E-state index in [0.717, 1.165) is 5.56 Å². The summed E-state index contributed by atoms with van der Waals surface area (Å²) >= 11 is 0. The van der Waals surface area contributed by atoms with Crippen LogP contribution in [0.15, 0.2) is 18.2 Å². The molecule has 0 aliphatic rings. The highest BCUT2D eigenvalue weighted by Gasteiger charge is 2.11. The van der Waals surface area contributed by atoms with Crippen LogP contribution in [-0.4, -0.2) is 38.5 Å². The van der Waals surface area contributed by atoms with Crippen LogP contribution < -0.4 is 15.2 Å². The second-order valence-electron chi connectivity index (χ2n) is 3.63. The second-order valence-corrected chi connectivity index (χ2v) is 3.63. The molecular formula is C12H17NO5. The zero-order valence-corrected chi connectivity index (χ0v) is 10.4. The number of nitrogens with two attached hydrogens (primary N) is 1. The number of hydrogen-bond acceptors (Lipinski definition) is 5. The number of carbonyl (C=O) groups is 1. The van der Waals surface area contributed by atoms with E-state index in [0.29, 0.717) is 11.5 Å². The Morgan fingerprint density at radius 3 is 2.56 bits per heavy atom. The first kappa shape index (κ1) is 14.3. The van der Waals surface area contributed by atoms with Crippen LogP contribution in [0.3, 0.4) is 0 Å². The zero-order valence-electron chi connectivity index (χ0n) is 10.4. The number of methoxy groups -OCH3 is 2. The van der Waals surface area contributed by atoms with E-state index < -0.39 is 12.0 Å². The van der Waals surface area contributed by atoms with Crippen LogP contribution in [0.4, 0.5) is 0 Å². The molecule has 3 N–H and O–H groups in total. The SMILES string of the molecule is COc1ccc(C(N)COCC(=O)O)cc1OC. The third-order valence-corrected chi connectivity index (χ3v) is 2.36. The van der Waals surface area contributed by atoms with E-state index in [2.05, 4.69) is 0 Å². The average molecular weight is 255 g/mol. The van der Waals surface area contributed by atoms with Crippen molar-refractivity contribution < 1.29 is 24.1 Å². The molecular weight excluding hydrogens is 238 g/mol. The fraction of sp³-hybridized carbons (Fsp3) is 0.417. The third-order valence-electron chi connectivity index (χ3n) is 2.36. The molecule has 0 aromatic heterocycles. The Balaban J connectivity index is 2.67. The molecule has 1 rings (SSSR count). The Morgan fingerprint density at radius 2 is 2.00 bits per heavy atom. The summed E-state index contributed by atoms with van der Waals surface area (Å²) in [6.45, 7) is -0.233. The maximum absolute atomic E-state index is 10.3. The van der Waals surface area contributed by atoms with E-state index >= 15 is 0 Å². The maximum Gasteiger partial charge on any atom is 0.329 e. The summed E-state index contributed by atoms with van der Waals surface area (Å²) in [4.78, 5) is 10.3. The van der Waals surface area contributed by atoms with Crippen molar-refractivity contribution >= 4 is 5.97 Å². The van der Waals surface area contributed by atoms with Crippen LogP contribution in [0.1, 0.15) is 11.6 Å². The average Bonchev–Trinajstić information content (AvgIpc) is 2.37. The fourth-order valence-corrected chi connectivity index (χ4v) is 1.45. The van der Waals surface area contributed by atoms with Crippen molar-refractivity contribution in [3.8, 4) is 11.5 Å². The number of rotatable bonds is 7. The summed E-state index contributed by atoms with van der Waals surface area (Å²) in [5.74, 6) is 0.165. The van der Waals surface area contributed by atoms with Gasteiger partial charge in [-0.2, -0.15) is 0 Å². The number of carboxylic acid groups (broad SMARTS) is 1. The van der Waals surface area contributed by atoms with Crippen molar-refractivity contribution in [2.45, 2.75) is 6.04 Å². The molecule has 6 nitrogen and oxygen atoms in total. The molecule has 0 spiro atoms. The van der Waals surface area contributed by atoms with Crippen LogP contribution in [-0.2, 0) is 9.53 Å². The van der Waals surface area contributed by atoms with Crippen LogP contribution in [0.5, 0.6) is 11.5 Å². The number of ether oxygens (including phenoxy) is 3. The van der Waals surface area contributed by atoms with Gasteiger partial charge in [0.05, 0.1) is 26.9 Å². The molecule has 0 heterocycles. The van der Waals surface area contributed by atoms with Crippen molar-refractivity contribution in [1.29, 1.82) is 0 Å². The van der Waals surface area contributed by atoms with Gasteiger partial charge in [0.2, 0.25) is 0 Å². The molecule has 1 aromatic carbocycles. The van der Waals surface area contributed by atoms with Crippen molar-refractivity contribution in [3.05, 3.63) is 23.8 Å². The van der Waals surface area contributed by atoms with E-state index in [1.54, 1.807) is 25.3 Å². The normalized spacial score (nSPS) is 11.9. The first-order chi connectivity index (χ1) is 8.58. The molecule has 0 saturated carbocycles. The summed E-state index contributed by atoms with van der Waals surface area (Å²) in [6, 6.07) is 4.86. The lowest BCUT2D eigenvalue weighted by molar-refractivity contribution is -0.142. The maximum atomic E-state index is 10.3. The highest BCUT2D eigenvalue weighted by molar-refractivity contribution is 5.68. The predicted octanol–water partition coefficient (Wildman–Crippen LogP) is 0.805. The highest BCUT2D eigenvalue weighted by Crippen LogP contribution is 2.29. The second kappa shape index (κ2) is 6.83. The van der Waals surface area contributed by atoms with Gasteiger partial charge in [-0.15, -0.1) is 0 Å². The molecule has 0 aliphatic heterocycles. The Hall–Kier alpha value is -1.79. The minimum Gasteiger partial charge on any atom is -0.493 e. The molecule has 1 aromatic rings. The Morgan fingerprint density at radius 1 is 1.33 bits per heavy atom. The molecule has 0 saturated heterocycles. The van der Waals surface area contributed by atoms with Gasteiger partial charge in [0.1, 0.15) is 6.61 Å². The molecule has 0 aliphatic carbocycles. The number of hydrogen-bond donors (Lipinski definition) is 2. The highest BCUT2D eigenvalue weighted by atomic mass is 16.5. The first-order valence-electron chi connectivity index (χ1n) is 5.35. The lowest BCUT2D eigenvalue weighted by Crippen LogP contribution is -2.19. The van der Waals surface area contributed by atoms with Gasteiger partial charge < -0.3 is 25.1 Å². The number of aliphatic carboxylic acids is 1. The molecule has 1 atom stereocenters. The summed E-state index contributed by atoms with van der Waals surface area (Å²) in [5, 5.41) is 8.45. The van der Waals surface area contributed by atoms with Gasteiger partial charge in [-0.3, -0.25) is 0 Å². The lowest BCUT2D eigenvalue weighted by atomic mass is 10.1. The van der Waals surface area contributed by atoms with Gasteiger partial charge in [-0.05, 0) is 17.7 Å². The van der Waals surface area contributed by atoms with Crippen molar-refractivity contribution in [3.63, 3.8) is 0 Å². The van der Waals surface area contributed by atoms with Gasteiger partial charge in [0, 0.05) is 0 Å². The molecule has 18 heavy (non-hydrogen) atoms. The molecule has 0 radical (unpaired) electrons. The molecule has 0 fully saturated rings. The van der Waals surface area contributed by atoms with Crippen LogP contribution in [0.25, 0.3) is 0 Å². The zero-order chi connectivity index (χ0) is 13.5. The molecule has 6 heteroatoms. The summed E-state index contributed by atoms with van der Waals surface area (Å²) < 4.78 is 15.2. The van der Waals surface area contributed by atoms with E-state index in [1.165, 1.54) is 7.11 Å². The van der Waals surface area contributed by atoms with E-state index in [1.807, 2.05) is 0 Å². The molecule has 100 valence electrons. The summed E-state index contributed by atoms with van der Waals surface area (Å²) in [7, 11) is 3.08. The topological polar surface area (TPSA) is 91.0 Å². The van der Waals surface area contributed by atoms with Crippen LogP contribution >= 0.6 is 0 Å². The van der Waals surface area contributed by atoms with Gasteiger partial charge in [0.15, 0.2) is 11.5 Å². The van der Waals surface area contributed by atoms with Crippen LogP contribution in [0.2, 0.25) is 0 Å². The smallest absolute Gasteiger partial charge is 0.329 e. The lowest BCUT2D eigenvalue weighted by Gasteiger charge is -2.14. The van der Waals surface area contributed by atoms with E-state index in [-0.39, 0.29) is 13.2 Å². The van der Waals surface area contributed by atoms with Crippen molar-refractivity contribution in [2.75, 3.05) is 27.4 Å². The van der Waals surface area contributed by atoms with Gasteiger partial charge in [-0.25, -0.2) is 4.79 Å². The molecule has 1 unspecified atom stereocenters. The Labute approximate surface area is 105 Å². The first-order valence-corrected chi connectivity index (χ1v) is 5.35. The quantitative estimate of drug-likeness (QED) is 0.749. The molecule has 0 amide bonds. The number of carboxylic acids is 1. The minimum atomic E-state index is -1.02. The van der Waals surface area contributed by atoms with Crippen molar-refractivity contribution in [1.82, 2.24) is 0 Å². The van der Waals surface area contributed by atoms with Gasteiger partial charge >= 0.3 is 5.97 Å². The van der Waals surface area contributed by atoms with Gasteiger partial charge in [0.25, 0.3) is 0 Å². The Bertz CT molecular complexity index is 407. The molecule has 0 bridgehead atoms. The fourth-order valence-electron chi connectivity index (χ4n) is 1.45. The largest absolute Gasteiger partial charge is 0.493 e. The number of benzene rings is 1. The minimum absolute atomic E-state index is 0.127. The Kier molecular flexibility index (Phi) is 5.41. The van der Waals surface area contributed by atoms with Crippen molar-refractivity contribution in [2.24, 2.45) is 5.73 Å².